The van der Waals surface area contributed by atoms with Gasteiger partial charge in [0.1, 0.15) is 11.6 Å². The van der Waals surface area contributed by atoms with Crippen LogP contribution in [0.4, 0.5) is 5.69 Å². The van der Waals surface area contributed by atoms with Gasteiger partial charge in [0.15, 0.2) is 0 Å². The molecule has 0 saturated carbocycles. The first-order chi connectivity index (χ1) is 15.3. The third kappa shape index (κ3) is 5.08. The smallest absolute Gasteiger partial charge is 0.338 e. The molecule has 0 bridgehead atoms. The van der Waals surface area contributed by atoms with E-state index in [0.717, 1.165) is 22.6 Å². The normalized spacial score (nSPS) is 11.0. The van der Waals surface area contributed by atoms with Crippen molar-refractivity contribution >= 4 is 35.2 Å². The summed E-state index contributed by atoms with van der Waals surface area (Å²) in [5, 5.41) is 12.8. The lowest BCUT2D eigenvalue weighted by Crippen LogP contribution is -2.13. The van der Waals surface area contributed by atoms with E-state index >= 15 is 0 Å². The molecular formula is C25H22ClN3O3. The highest BCUT2D eigenvalue weighted by Gasteiger charge is 2.15. The third-order valence-corrected chi connectivity index (χ3v) is 5.10. The van der Waals surface area contributed by atoms with Crippen molar-refractivity contribution in [2.45, 2.75) is 20.8 Å². The SMILES string of the molecule is CCOC(=O)c1cccc(-n2c(C)cc(/C=C(/C#N)C(=O)Nc3ccc(Cl)cc3)c2C)c1. The molecule has 0 aliphatic carbocycles. The summed E-state index contributed by atoms with van der Waals surface area (Å²) in [7, 11) is 0. The molecule has 0 aliphatic rings. The molecule has 1 N–H and O–H groups in total. The molecular weight excluding hydrogens is 426 g/mol. The quantitative estimate of drug-likeness (QED) is 0.308. The van der Waals surface area contributed by atoms with Crippen LogP contribution in [0.5, 0.6) is 0 Å². The van der Waals surface area contributed by atoms with Crippen LogP contribution in [0, 0.1) is 25.2 Å². The lowest BCUT2D eigenvalue weighted by Gasteiger charge is -2.11. The second-order valence-electron chi connectivity index (χ2n) is 7.06. The van der Waals surface area contributed by atoms with Crippen LogP contribution < -0.4 is 5.32 Å². The molecule has 7 heteroatoms. The number of hydrogen-bond donors (Lipinski definition) is 1. The highest BCUT2D eigenvalue weighted by Crippen LogP contribution is 2.24. The molecule has 3 rings (SSSR count). The number of nitriles is 1. The zero-order valence-corrected chi connectivity index (χ0v) is 18.7. The molecule has 6 nitrogen and oxygen atoms in total. The van der Waals surface area contributed by atoms with Crippen molar-refractivity contribution in [2.24, 2.45) is 0 Å². The van der Waals surface area contributed by atoms with E-state index in [4.69, 9.17) is 16.3 Å². The van der Waals surface area contributed by atoms with Crippen molar-refractivity contribution in [3.63, 3.8) is 0 Å². The number of benzene rings is 2. The van der Waals surface area contributed by atoms with E-state index in [1.54, 1.807) is 55.5 Å². The minimum absolute atomic E-state index is 0.0273. The highest BCUT2D eigenvalue weighted by atomic mass is 35.5. The van der Waals surface area contributed by atoms with Crippen LogP contribution in [-0.4, -0.2) is 23.1 Å². The van der Waals surface area contributed by atoms with Gasteiger partial charge in [-0.2, -0.15) is 5.26 Å². The maximum Gasteiger partial charge on any atom is 0.338 e. The van der Waals surface area contributed by atoms with Crippen LogP contribution in [0.25, 0.3) is 11.8 Å². The Hall–Kier alpha value is -3.82. The van der Waals surface area contributed by atoms with Gasteiger partial charge in [0, 0.05) is 27.8 Å². The molecule has 0 radical (unpaired) electrons. The maximum absolute atomic E-state index is 12.6. The maximum atomic E-state index is 12.6. The largest absolute Gasteiger partial charge is 0.462 e. The Bertz CT molecular complexity index is 1230. The van der Waals surface area contributed by atoms with Crippen molar-refractivity contribution in [3.8, 4) is 11.8 Å². The van der Waals surface area contributed by atoms with Gasteiger partial charge in [-0.3, -0.25) is 4.79 Å². The molecule has 0 spiro atoms. The van der Waals surface area contributed by atoms with Gasteiger partial charge in [0.2, 0.25) is 0 Å². The predicted molar refractivity (Wildman–Crippen MR) is 125 cm³/mol. The van der Waals surface area contributed by atoms with Crippen molar-refractivity contribution < 1.29 is 14.3 Å². The van der Waals surface area contributed by atoms with Gasteiger partial charge in [-0.15, -0.1) is 0 Å². The van der Waals surface area contributed by atoms with Crippen molar-refractivity contribution in [3.05, 3.63) is 87.7 Å². The Kier molecular flexibility index (Phi) is 7.14. The van der Waals surface area contributed by atoms with Crippen LogP contribution in [-0.2, 0) is 9.53 Å². The third-order valence-electron chi connectivity index (χ3n) is 4.85. The fraction of sp³-hybridized carbons (Fsp3) is 0.160. The van der Waals surface area contributed by atoms with Crippen molar-refractivity contribution in [1.29, 1.82) is 5.26 Å². The molecule has 3 aromatic rings. The summed E-state index contributed by atoms with van der Waals surface area (Å²) < 4.78 is 7.05. The van der Waals surface area contributed by atoms with Gasteiger partial charge >= 0.3 is 5.97 Å². The fourth-order valence-electron chi connectivity index (χ4n) is 3.35. The average molecular weight is 448 g/mol. The molecule has 0 saturated heterocycles. The summed E-state index contributed by atoms with van der Waals surface area (Å²) in [6, 6.07) is 17.6. The first kappa shape index (κ1) is 22.9. The van der Waals surface area contributed by atoms with Gasteiger partial charge in [-0.05, 0) is 80.9 Å². The predicted octanol–water partition coefficient (Wildman–Crippen LogP) is 5.47. The van der Waals surface area contributed by atoms with Crippen LogP contribution in [0.3, 0.4) is 0 Å². The zero-order chi connectivity index (χ0) is 23.3. The first-order valence-corrected chi connectivity index (χ1v) is 10.4. The van der Waals surface area contributed by atoms with Gasteiger partial charge in [-0.1, -0.05) is 17.7 Å². The standard InChI is InChI=1S/C25H22ClN3O3/c1-4-32-25(31)18-6-5-7-23(14-18)29-16(2)12-19(17(29)3)13-20(15-27)24(30)28-22-10-8-21(26)9-11-22/h5-14H,4H2,1-3H3,(H,28,30)/b20-13-. The molecule has 1 heterocycles. The number of esters is 1. The van der Waals surface area contributed by atoms with Crippen LogP contribution in [0.15, 0.2) is 60.2 Å². The van der Waals surface area contributed by atoms with Crippen LogP contribution in [0.1, 0.15) is 34.2 Å². The number of aromatic nitrogens is 1. The minimum atomic E-state index is -0.510. The van der Waals surface area contributed by atoms with Gasteiger partial charge in [-0.25, -0.2) is 4.79 Å². The van der Waals surface area contributed by atoms with Gasteiger partial charge < -0.3 is 14.6 Å². The van der Waals surface area contributed by atoms with Gasteiger partial charge in [0.25, 0.3) is 5.91 Å². The lowest BCUT2D eigenvalue weighted by molar-refractivity contribution is -0.112. The molecule has 0 aliphatic heterocycles. The highest BCUT2D eigenvalue weighted by molar-refractivity contribution is 6.30. The Morgan fingerprint density at radius 1 is 1.16 bits per heavy atom. The van der Waals surface area contributed by atoms with E-state index in [1.807, 2.05) is 36.6 Å². The van der Waals surface area contributed by atoms with Crippen molar-refractivity contribution in [2.75, 3.05) is 11.9 Å². The molecule has 162 valence electrons. The number of anilines is 1. The molecule has 0 unspecified atom stereocenters. The average Bonchev–Trinajstić information content (AvgIpc) is 3.06. The summed E-state index contributed by atoms with van der Waals surface area (Å²) in [4.78, 5) is 24.7. The monoisotopic (exact) mass is 447 g/mol. The number of nitrogens with one attached hydrogen (secondary N) is 1. The van der Waals surface area contributed by atoms with Gasteiger partial charge in [0.05, 0.1) is 12.2 Å². The molecule has 0 fully saturated rings. The zero-order valence-electron chi connectivity index (χ0n) is 18.0. The van der Waals surface area contributed by atoms with E-state index in [-0.39, 0.29) is 11.5 Å². The number of carbonyl (C=O) groups is 2. The molecule has 1 aromatic heterocycles. The summed E-state index contributed by atoms with van der Waals surface area (Å²) in [5.41, 5.74) is 4.21. The van der Waals surface area contributed by atoms with E-state index in [1.165, 1.54) is 0 Å². The lowest BCUT2D eigenvalue weighted by atomic mass is 10.1. The minimum Gasteiger partial charge on any atom is -0.462 e. The Morgan fingerprint density at radius 3 is 2.53 bits per heavy atom. The first-order valence-electron chi connectivity index (χ1n) is 9.99. The molecule has 2 aromatic carbocycles. The molecule has 1 amide bonds. The Labute approximate surface area is 191 Å². The Balaban J connectivity index is 1.92. The second-order valence-corrected chi connectivity index (χ2v) is 7.50. The number of amides is 1. The van der Waals surface area contributed by atoms with E-state index in [2.05, 4.69) is 5.32 Å². The van der Waals surface area contributed by atoms with E-state index in [9.17, 15) is 14.9 Å². The number of ether oxygens (including phenoxy) is 1. The number of nitrogens with zero attached hydrogens (tertiary/aromatic N) is 2. The number of halogens is 1. The van der Waals surface area contributed by atoms with E-state index < -0.39 is 5.91 Å². The molecule has 32 heavy (non-hydrogen) atoms. The van der Waals surface area contributed by atoms with Crippen LogP contribution in [0.2, 0.25) is 5.02 Å². The van der Waals surface area contributed by atoms with E-state index in [0.29, 0.717) is 22.9 Å². The molecule has 0 atom stereocenters. The number of hydrogen-bond acceptors (Lipinski definition) is 4. The summed E-state index contributed by atoms with van der Waals surface area (Å²) in [6.45, 7) is 5.87. The second kappa shape index (κ2) is 9.99. The summed E-state index contributed by atoms with van der Waals surface area (Å²) >= 11 is 5.87. The number of rotatable bonds is 6. The number of carbonyl (C=O) groups excluding carboxylic acids is 2. The topological polar surface area (TPSA) is 84.1 Å². The number of aryl methyl sites for hydroxylation is 1. The Morgan fingerprint density at radius 2 is 1.88 bits per heavy atom. The summed E-state index contributed by atoms with van der Waals surface area (Å²) in [6.07, 6.45) is 1.55. The van der Waals surface area contributed by atoms with Crippen molar-refractivity contribution in [1.82, 2.24) is 4.57 Å². The fourth-order valence-corrected chi connectivity index (χ4v) is 3.48. The van der Waals surface area contributed by atoms with Crippen LogP contribution >= 0.6 is 11.6 Å². The summed E-state index contributed by atoms with van der Waals surface area (Å²) in [5.74, 6) is -0.897.